The second-order valence-corrected chi connectivity index (χ2v) is 6.07. The molecule has 0 saturated heterocycles. The van der Waals surface area contributed by atoms with Gasteiger partial charge in [-0.05, 0) is 24.3 Å². The van der Waals surface area contributed by atoms with Gasteiger partial charge in [-0.15, -0.1) is 0 Å². The minimum atomic E-state index is -1.60. The minimum Gasteiger partial charge on any atom is -0.607 e. The smallest absolute Gasteiger partial charge is 0.416 e. The number of halogens is 3. The van der Waals surface area contributed by atoms with Crippen LogP contribution in [0.5, 0.6) is 0 Å². The first-order valence-corrected chi connectivity index (χ1v) is 7.61. The summed E-state index contributed by atoms with van der Waals surface area (Å²) in [4.78, 5) is 3.93. The average molecular weight is 328 g/mol. The van der Waals surface area contributed by atoms with Gasteiger partial charge < -0.3 is 8.97 Å². The van der Waals surface area contributed by atoms with E-state index in [-0.39, 0.29) is 22.1 Å². The second-order valence-electron chi connectivity index (χ2n) is 4.31. The van der Waals surface area contributed by atoms with E-state index in [0.29, 0.717) is 5.02 Å². The van der Waals surface area contributed by atoms with Crippen LogP contribution in [0.25, 0.3) is 11.1 Å². The standard InChI is InChI=1S/C14H8ClF2NO2S/c15-9-3-1-8(2-4-9)7-21(19)14-18-11-6-5-10(16)12(17)13(11)20-14/h1-6H,7H2. The lowest BCUT2D eigenvalue weighted by Gasteiger charge is -2.05. The lowest BCUT2D eigenvalue weighted by atomic mass is 10.2. The van der Waals surface area contributed by atoms with Crippen LogP contribution in [-0.4, -0.2) is 9.54 Å². The topological polar surface area (TPSA) is 49.1 Å². The fraction of sp³-hybridized carbons (Fsp3) is 0.0714. The Morgan fingerprint density at radius 3 is 2.57 bits per heavy atom. The van der Waals surface area contributed by atoms with Gasteiger partial charge in [0.25, 0.3) is 0 Å². The summed E-state index contributed by atoms with van der Waals surface area (Å²) in [5.41, 5.74) is 0.578. The second kappa shape index (κ2) is 5.63. The van der Waals surface area contributed by atoms with E-state index in [1.807, 2.05) is 0 Å². The number of hydrogen-bond acceptors (Lipinski definition) is 3. The Bertz CT molecular complexity index is 792. The summed E-state index contributed by atoms with van der Waals surface area (Å²) in [7, 11) is 0. The molecule has 0 radical (unpaired) electrons. The molecule has 3 aromatic rings. The Balaban J connectivity index is 1.89. The summed E-state index contributed by atoms with van der Waals surface area (Å²) >= 11 is 4.17. The number of aromatic nitrogens is 1. The molecule has 0 amide bonds. The summed E-state index contributed by atoms with van der Waals surface area (Å²) < 4.78 is 43.9. The van der Waals surface area contributed by atoms with Crippen LogP contribution in [0.15, 0.2) is 46.0 Å². The van der Waals surface area contributed by atoms with Crippen LogP contribution in [0, 0.1) is 11.6 Å². The van der Waals surface area contributed by atoms with Crippen LogP contribution >= 0.6 is 11.6 Å². The molecule has 7 heteroatoms. The summed E-state index contributed by atoms with van der Waals surface area (Å²) in [5.74, 6) is -2.02. The van der Waals surface area contributed by atoms with Crippen LogP contribution in [0.1, 0.15) is 5.56 Å². The summed E-state index contributed by atoms with van der Waals surface area (Å²) in [6, 6.07) is 9.03. The molecule has 1 atom stereocenters. The highest BCUT2D eigenvalue weighted by atomic mass is 35.5. The van der Waals surface area contributed by atoms with Crippen molar-refractivity contribution < 1.29 is 17.8 Å². The summed E-state index contributed by atoms with van der Waals surface area (Å²) in [6.45, 7) is 0. The third kappa shape index (κ3) is 2.88. The maximum absolute atomic E-state index is 13.5. The molecule has 2 aromatic carbocycles. The van der Waals surface area contributed by atoms with Gasteiger partial charge >= 0.3 is 5.22 Å². The van der Waals surface area contributed by atoms with Gasteiger partial charge in [0.15, 0.2) is 11.4 Å². The van der Waals surface area contributed by atoms with Gasteiger partial charge in [-0.2, -0.15) is 9.37 Å². The number of rotatable bonds is 3. The van der Waals surface area contributed by atoms with E-state index in [0.717, 1.165) is 11.6 Å². The average Bonchev–Trinajstić information content (AvgIpc) is 2.90. The number of fused-ring (bicyclic) bond motifs is 1. The lowest BCUT2D eigenvalue weighted by Crippen LogP contribution is -2.05. The Morgan fingerprint density at radius 1 is 1.14 bits per heavy atom. The number of oxazole rings is 1. The van der Waals surface area contributed by atoms with Crippen LogP contribution in [0.2, 0.25) is 5.02 Å². The first-order chi connectivity index (χ1) is 10.0. The van der Waals surface area contributed by atoms with Gasteiger partial charge in [-0.1, -0.05) is 23.7 Å². The van der Waals surface area contributed by atoms with E-state index >= 15 is 0 Å². The predicted octanol–water partition coefficient (Wildman–Crippen LogP) is 4.07. The SMILES string of the molecule is [O-][S+](Cc1ccc(Cl)cc1)c1nc2ccc(F)c(F)c2o1. The highest BCUT2D eigenvalue weighted by molar-refractivity contribution is 7.90. The van der Waals surface area contributed by atoms with E-state index in [4.69, 9.17) is 16.0 Å². The summed E-state index contributed by atoms with van der Waals surface area (Å²) in [6.07, 6.45) is 0. The highest BCUT2D eigenvalue weighted by Crippen LogP contribution is 2.25. The zero-order valence-corrected chi connectivity index (χ0v) is 12.0. The molecule has 1 aromatic heterocycles. The fourth-order valence-corrected chi connectivity index (χ4v) is 2.93. The van der Waals surface area contributed by atoms with Crippen molar-refractivity contribution in [3.8, 4) is 0 Å². The van der Waals surface area contributed by atoms with Crippen LogP contribution in [-0.2, 0) is 16.9 Å². The van der Waals surface area contributed by atoms with Crippen LogP contribution < -0.4 is 0 Å². The molecule has 0 spiro atoms. The maximum Gasteiger partial charge on any atom is 0.416 e. The molecule has 0 N–H and O–H groups in total. The van der Waals surface area contributed by atoms with Crippen molar-refractivity contribution in [2.45, 2.75) is 11.0 Å². The Hall–Kier alpha value is -1.63. The molecule has 0 aliphatic rings. The molecule has 1 unspecified atom stereocenters. The van der Waals surface area contributed by atoms with E-state index in [1.54, 1.807) is 24.3 Å². The number of benzene rings is 2. The molecule has 0 aliphatic heterocycles. The third-order valence-corrected chi connectivity index (χ3v) is 4.25. The molecular formula is C14H8ClF2NO2S. The molecule has 108 valence electrons. The molecule has 21 heavy (non-hydrogen) atoms. The summed E-state index contributed by atoms with van der Waals surface area (Å²) in [5, 5.41) is 0.438. The maximum atomic E-state index is 13.5. The first kappa shape index (κ1) is 14.3. The van der Waals surface area contributed by atoms with Crippen molar-refractivity contribution in [3.05, 3.63) is 58.6 Å². The van der Waals surface area contributed by atoms with E-state index in [1.165, 1.54) is 6.07 Å². The zero-order valence-electron chi connectivity index (χ0n) is 10.5. The van der Waals surface area contributed by atoms with Gasteiger partial charge in [-0.3, -0.25) is 0 Å². The molecule has 3 rings (SSSR count). The van der Waals surface area contributed by atoms with Crippen molar-refractivity contribution in [2.75, 3.05) is 0 Å². The van der Waals surface area contributed by atoms with Gasteiger partial charge in [0.05, 0.1) is 11.2 Å². The van der Waals surface area contributed by atoms with Crippen LogP contribution in [0.4, 0.5) is 8.78 Å². The molecule has 0 bridgehead atoms. The minimum absolute atomic E-state index is 0.133. The molecule has 1 heterocycles. The quantitative estimate of drug-likeness (QED) is 0.681. The predicted molar refractivity (Wildman–Crippen MR) is 75.5 cm³/mol. The highest BCUT2D eigenvalue weighted by Gasteiger charge is 2.23. The molecule has 0 saturated carbocycles. The number of nitrogens with zero attached hydrogens (tertiary/aromatic N) is 1. The molecule has 0 aliphatic carbocycles. The molecule has 0 fully saturated rings. The van der Waals surface area contributed by atoms with Gasteiger partial charge in [0, 0.05) is 10.6 Å². The number of hydrogen-bond donors (Lipinski definition) is 0. The first-order valence-electron chi connectivity index (χ1n) is 5.92. The van der Waals surface area contributed by atoms with E-state index < -0.39 is 22.8 Å². The van der Waals surface area contributed by atoms with Crippen molar-refractivity contribution >= 4 is 33.9 Å². The zero-order chi connectivity index (χ0) is 15.0. The van der Waals surface area contributed by atoms with Gasteiger partial charge in [0.2, 0.25) is 5.82 Å². The normalized spacial score (nSPS) is 12.8. The largest absolute Gasteiger partial charge is 0.607 e. The Morgan fingerprint density at radius 2 is 1.86 bits per heavy atom. The van der Waals surface area contributed by atoms with Gasteiger partial charge in [0.1, 0.15) is 11.3 Å². The van der Waals surface area contributed by atoms with Crippen molar-refractivity contribution in [1.29, 1.82) is 0 Å². The van der Waals surface area contributed by atoms with Crippen molar-refractivity contribution in [3.63, 3.8) is 0 Å². The van der Waals surface area contributed by atoms with E-state index in [9.17, 15) is 13.3 Å². The molecular weight excluding hydrogens is 320 g/mol. The van der Waals surface area contributed by atoms with Gasteiger partial charge in [-0.25, -0.2) is 4.39 Å². The fourth-order valence-electron chi connectivity index (χ4n) is 1.81. The molecule has 3 nitrogen and oxygen atoms in total. The Kier molecular flexibility index (Phi) is 3.84. The van der Waals surface area contributed by atoms with Crippen LogP contribution in [0.3, 0.4) is 0 Å². The third-order valence-electron chi connectivity index (χ3n) is 2.84. The van der Waals surface area contributed by atoms with Crippen molar-refractivity contribution in [2.24, 2.45) is 0 Å². The van der Waals surface area contributed by atoms with Crippen molar-refractivity contribution in [1.82, 2.24) is 4.98 Å². The van der Waals surface area contributed by atoms with E-state index in [2.05, 4.69) is 4.98 Å². The lowest BCUT2D eigenvalue weighted by molar-refractivity contribution is 0.434. The monoisotopic (exact) mass is 327 g/mol. The Labute approximate surface area is 126 Å².